The summed E-state index contributed by atoms with van der Waals surface area (Å²) in [6.45, 7) is 4.90. The molecule has 0 N–H and O–H groups in total. The number of piperazine rings is 1. The van der Waals surface area contributed by atoms with Crippen LogP contribution in [0.15, 0.2) is 60.0 Å². The molecule has 198 valence electrons. The van der Waals surface area contributed by atoms with Gasteiger partial charge >= 0.3 is 0 Å². The number of hydrogen-bond donors (Lipinski definition) is 0. The van der Waals surface area contributed by atoms with Crippen LogP contribution in [0.1, 0.15) is 50.2 Å². The monoisotopic (exact) mass is 552 g/mol. The maximum Gasteiger partial charge on any atom is 0.273 e. The Balaban J connectivity index is 1.10. The van der Waals surface area contributed by atoms with Crippen molar-refractivity contribution < 1.29 is 14.0 Å². The van der Waals surface area contributed by atoms with Gasteiger partial charge in [0.2, 0.25) is 0 Å². The Morgan fingerprint density at radius 3 is 2.37 bits per heavy atom. The molecule has 2 aromatic carbocycles. The van der Waals surface area contributed by atoms with E-state index in [4.69, 9.17) is 11.6 Å². The number of piperidine rings is 1. The van der Waals surface area contributed by atoms with Gasteiger partial charge in [0.05, 0.1) is 15.6 Å². The SMILES string of the molecule is O=C(c1csc(C2CCN(C(=O)c3c(F)cccc3Cl)CC2)n1)N1CCN(CC=Cc2ccccc2)CC1. The zero-order valence-electron chi connectivity index (χ0n) is 21.1. The van der Waals surface area contributed by atoms with Crippen LogP contribution in [0.3, 0.4) is 0 Å². The molecule has 2 amide bonds. The van der Waals surface area contributed by atoms with Crippen molar-refractivity contribution in [3.05, 3.63) is 92.7 Å². The first-order valence-electron chi connectivity index (χ1n) is 12.9. The molecule has 38 heavy (non-hydrogen) atoms. The number of hydrogen-bond acceptors (Lipinski definition) is 5. The van der Waals surface area contributed by atoms with Crippen molar-refractivity contribution in [3.8, 4) is 0 Å². The van der Waals surface area contributed by atoms with Crippen molar-refractivity contribution in [3.63, 3.8) is 0 Å². The first-order chi connectivity index (χ1) is 18.5. The number of carbonyl (C=O) groups excluding carboxylic acids is 2. The standard InChI is InChI=1S/C29H30ClFN4O2S/c30-23-9-4-10-24(31)26(23)29(37)34-14-11-22(12-15-34)27-32-25(20-38-27)28(36)35-18-16-33(17-19-35)13-5-8-21-6-2-1-3-7-21/h1-10,20,22H,11-19H2. The van der Waals surface area contributed by atoms with Crippen molar-refractivity contribution in [1.82, 2.24) is 19.7 Å². The highest BCUT2D eigenvalue weighted by Gasteiger charge is 2.30. The van der Waals surface area contributed by atoms with Gasteiger partial charge in [0.15, 0.2) is 0 Å². The summed E-state index contributed by atoms with van der Waals surface area (Å²) >= 11 is 7.59. The highest BCUT2D eigenvalue weighted by Crippen LogP contribution is 2.32. The Bertz CT molecular complexity index is 1280. The molecule has 0 saturated carbocycles. The first-order valence-corrected chi connectivity index (χ1v) is 14.2. The Morgan fingerprint density at radius 1 is 0.947 bits per heavy atom. The van der Waals surface area contributed by atoms with Crippen molar-refractivity contribution in [2.75, 3.05) is 45.8 Å². The Labute approximate surface area is 231 Å². The molecule has 1 aromatic heterocycles. The fourth-order valence-corrected chi connectivity index (χ4v) is 6.17. The molecule has 0 aliphatic carbocycles. The summed E-state index contributed by atoms with van der Waals surface area (Å²) in [5, 5.41) is 2.90. The van der Waals surface area contributed by atoms with E-state index in [-0.39, 0.29) is 28.3 Å². The highest BCUT2D eigenvalue weighted by molar-refractivity contribution is 7.09. The highest BCUT2D eigenvalue weighted by atomic mass is 35.5. The van der Waals surface area contributed by atoms with Gasteiger partial charge in [-0.1, -0.05) is 60.2 Å². The molecule has 0 atom stereocenters. The van der Waals surface area contributed by atoms with Gasteiger partial charge in [0.25, 0.3) is 11.8 Å². The minimum atomic E-state index is -0.600. The van der Waals surface area contributed by atoms with E-state index in [0.29, 0.717) is 44.7 Å². The second-order valence-electron chi connectivity index (χ2n) is 9.64. The third kappa shape index (κ3) is 6.14. The predicted molar refractivity (Wildman–Crippen MR) is 149 cm³/mol. The number of likely N-dealkylation sites (tertiary alicyclic amines) is 1. The molecule has 0 spiro atoms. The summed E-state index contributed by atoms with van der Waals surface area (Å²) in [6.07, 6.45) is 5.73. The molecule has 5 rings (SSSR count). The second-order valence-corrected chi connectivity index (χ2v) is 10.9. The average molecular weight is 553 g/mol. The number of benzene rings is 2. The predicted octanol–water partition coefficient (Wildman–Crippen LogP) is 5.43. The van der Waals surface area contributed by atoms with Gasteiger partial charge in [-0.25, -0.2) is 9.37 Å². The number of carbonyl (C=O) groups is 2. The van der Waals surface area contributed by atoms with Crippen molar-refractivity contribution in [2.24, 2.45) is 0 Å². The zero-order valence-corrected chi connectivity index (χ0v) is 22.6. The van der Waals surface area contributed by atoms with Gasteiger partial charge in [0.1, 0.15) is 11.5 Å². The smallest absolute Gasteiger partial charge is 0.273 e. The second kappa shape index (κ2) is 12.2. The summed E-state index contributed by atoms with van der Waals surface area (Å²) < 4.78 is 14.2. The Morgan fingerprint density at radius 2 is 1.66 bits per heavy atom. The number of amides is 2. The van der Waals surface area contributed by atoms with Crippen LogP contribution in [0.5, 0.6) is 0 Å². The largest absolute Gasteiger partial charge is 0.338 e. The zero-order chi connectivity index (χ0) is 26.5. The first kappa shape index (κ1) is 26.5. The summed E-state index contributed by atoms with van der Waals surface area (Å²) in [4.78, 5) is 36.5. The summed E-state index contributed by atoms with van der Waals surface area (Å²) in [5.41, 5.74) is 1.62. The van der Waals surface area contributed by atoms with Crippen LogP contribution in [0.4, 0.5) is 4.39 Å². The molecule has 9 heteroatoms. The summed E-state index contributed by atoms with van der Waals surface area (Å²) in [5.74, 6) is -0.822. The van der Waals surface area contributed by atoms with Crippen LogP contribution in [0, 0.1) is 5.82 Å². The summed E-state index contributed by atoms with van der Waals surface area (Å²) in [7, 11) is 0. The van der Waals surface area contributed by atoms with Crippen molar-refractivity contribution in [1.29, 1.82) is 0 Å². The molecule has 2 aliphatic rings. The van der Waals surface area contributed by atoms with E-state index >= 15 is 0 Å². The van der Waals surface area contributed by atoms with E-state index in [0.717, 1.165) is 24.6 Å². The van der Waals surface area contributed by atoms with Gasteiger partial charge in [-0.2, -0.15) is 0 Å². The maximum absolute atomic E-state index is 14.2. The topological polar surface area (TPSA) is 56.8 Å². The van der Waals surface area contributed by atoms with Crippen LogP contribution in [-0.4, -0.2) is 77.3 Å². The van der Waals surface area contributed by atoms with Crippen LogP contribution in [0.25, 0.3) is 6.08 Å². The van der Waals surface area contributed by atoms with E-state index in [1.165, 1.54) is 35.1 Å². The molecule has 0 radical (unpaired) electrons. The lowest BCUT2D eigenvalue weighted by Gasteiger charge is -2.33. The number of thiazole rings is 1. The average Bonchev–Trinajstić information content (AvgIpc) is 3.44. The van der Waals surface area contributed by atoms with Crippen molar-refractivity contribution >= 4 is 40.8 Å². The van der Waals surface area contributed by atoms with Crippen molar-refractivity contribution in [2.45, 2.75) is 18.8 Å². The van der Waals surface area contributed by atoms with Gasteiger partial charge in [-0.15, -0.1) is 11.3 Å². The fraction of sp³-hybridized carbons (Fsp3) is 0.345. The minimum absolute atomic E-state index is 0.0196. The van der Waals surface area contributed by atoms with Gasteiger partial charge in [-0.3, -0.25) is 14.5 Å². The van der Waals surface area contributed by atoms with E-state index in [9.17, 15) is 14.0 Å². The van der Waals surface area contributed by atoms with Crippen LogP contribution >= 0.6 is 22.9 Å². The van der Waals surface area contributed by atoms with Gasteiger partial charge in [0, 0.05) is 57.1 Å². The third-order valence-electron chi connectivity index (χ3n) is 7.18. The van der Waals surface area contributed by atoms with E-state index in [2.05, 4.69) is 34.2 Å². The molecule has 2 aliphatic heterocycles. The Kier molecular flexibility index (Phi) is 8.51. The van der Waals surface area contributed by atoms with E-state index in [1.807, 2.05) is 28.5 Å². The molecule has 3 heterocycles. The third-order valence-corrected chi connectivity index (χ3v) is 8.50. The van der Waals surface area contributed by atoms with Crippen LogP contribution < -0.4 is 0 Å². The molecule has 2 saturated heterocycles. The molecule has 6 nitrogen and oxygen atoms in total. The normalized spacial score (nSPS) is 17.3. The lowest BCUT2D eigenvalue weighted by atomic mass is 9.97. The quantitative estimate of drug-likeness (QED) is 0.409. The molecule has 3 aromatic rings. The fourth-order valence-electron chi connectivity index (χ4n) is 4.96. The van der Waals surface area contributed by atoms with E-state index in [1.54, 1.807) is 4.90 Å². The summed E-state index contributed by atoms with van der Waals surface area (Å²) in [6, 6.07) is 14.5. The minimum Gasteiger partial charge on any atom is -0.338 e. The van der Waals surface area contributed by atoms with Crippen LogP contribution in [-0.2, 0) is 0 Å². The number of nitrogens with zero attached hydrogens (tertiary/aromatic N) is 4. The molecular weight excluding hydrogens is 523 g/mol. The molecule has 0 unspecified atom stereocenters. The molecule has 2 fully saturated rings. The number of aromatic nitrogens is 1. The van der Waals surface area contributed by atoms with Crippen LogP contribution in [0.2, 0.25) is 5.02 Å². The lowest BCUT2D eigenvalue weighted by molar-refractivity contribution is 0.0645. The van der Waals surface area contributed by atoms with Gasteiger partial charge in [-0.05, 0) is 30.5 Å². The molecule has 0 bridgehead atoms. The lowest BCUT2D eigenvalue weighted by Crippen LogP contribution is -2.48. The maximum atomic E-state index is 14.2. The van der Waals surface area contributed by atoms with Gasteiger partial charge < -0.3 is 9.80 Å². The van der Waals surface area contributed by atoms with E-state index < -0.39 is 5.82 Å². The number of halogens is 2. The molecular formula is C29H30ClFN4O2S. The Hall–Kier alpha value is -3.07. The number of rotatable bonds is 6.